The van der Waals surface area contributed by atoms with Crippen LogP contribution in [0, 0.1) is 0 Å². The first-order valence-electron chi connectivity index (χ1n) is 13.9. The number of methoxy groups -OCH3 is 1. The number of hydrogen-bond donors (Lipinski definition) is 2. The molecular formula is C31H37N5O3S. The molecule has 2 aromatic carbocycles. The lowest BCUT2D eigenvalue weighted by atomic mass is 9.96. The molecule has 3 N–H and O–H groups in total. The van der Waals surface area contributed by atoms with Gasteiger partial charge in [-0.25, -0.2) is 4.98 Å². The number of nitrogens with zero attached hydrogens (tertiary/aromatic N) is 3. The molecule has 2 atom stereocenters. The molecule has 1 aliphatic rings. The lowest BCUT2D eigenvalue weighted by Gasteiger charge is -2.33. The number of nitrogens with two attached hydrogens (primary N) is 1. The van der Waals surface area contributed by atoms with Gasteiger partial charge in [-0.1, -0.05) is 42.5 Å². The summed E-state index contributed by atoms with van der Waals surface area (Å²) in [5.41, 5.74) is 9.49. The van der Waals surface area contributed by atoms with Crippen molar-refractivity contribution >= 4 is 34.2 Å². The van der Waals surface area contributed by atoms with Gasteiger partial charge in [0.05, 0.1) is 15.9 Å². The van der Waals surface area contributed by atoms with E-state index in [0.717, 1.165) is 59.7 Å². The number of carbonyl (C=O) groups is 2. The number of carbonyl (C=O) groups excluding carboxylic acids is 2. The van der Waals surface area contributed by atoms with E-state index in [9.17, 15) is 9.59 Å². The van der Waals surface area contributed by atoms with Gasteiger partial charge in [-0.3, -0.25) is 9.59 Å². The Hall–Kier alpha value is -3.53. The highest BCUT2D eigenvalue weighted by Crippen LogP contribution is 2.30. The van der Waals surface area contributed by atoms with E-state index in [2.05, 4.69) is 16.0 Å². The van der Waals surface area contributed by atoms with Gasteiger partial charge in [-0.15, -0.1) is 11.3 Å². The number of aryl methyl sites for hydroxylation is 1. The van der Waals surface area contributed by atoms with Crippen molar-refractivity contribution in [3.8, 4) is 10.4 Å². The summed E-state index contributed by atoms with van der Waals surface area (Å²) in [6, 6.07) is 21.5. The first kappa shape index (κ1) is 28.0. The van der Waals surface area contributed by atoms with E-state index < -0.39 is 6.04 Å². The van der Waals surface area contributed by atoms with Crippen molar-refractivity contribution < 1.29 is 14.3 Å². The van der Waals surface area contributed by atoms with E-state index in [4.69, 9.17) is 15.5 Å². The lowest BCUT2D eigenvalue weighted by Crippen LogP contribution is -2.44. The Labute approximate surface area is 239 Å². The Morgan fingerprint density at radius 3 is 2.75 bits per heavy atom. The van der Waals surface area contributed by atoms with Gasteiger partial charge in [0, 0.05) is 63.2 Å². The number of nitrogens with one attached hydrogen (secondary N) is 1. The molecule has 0 bridgehead atoms. The number of amides is 2. The van der Waals surface area contributed by atoms with E-state index in [1.807, 2.05) is 65.6 Å². The zero-order valence-corrected chi connectivity index (χ0v) is 23.7. The van der Waals surface area contributed by atoms with Crippen molar-refractivity contribution in [3.63, 3.8) is 0 Å². The monoisotopic (exact) mass is 559 g/mol. The molecule has 0 spiro atoms. The molecule has 1 saturated heterocycles. The average Bonchev–Trinajstić information content (AvgIpc) is 3.63. The molecular weight excluding hydrogens is 522 g/mol. The number of hydrogen-bond acceptors (Lipinski definition) is 6. The molecule has 2 aromatic heterocycles. The van der Waals surface area contributed by atoms with Crippen molar-refractivity contribution in [1.29, 1.82) is 0 Å². The zero-order valence-electron chi connectivity index (χ0n) is 22.9. The Morgan fingerprint density at radius 2 is 1.93 bits per heavy atom. The maximum atomic E-state index is 13.2. The van der Waals surface area contributed by atoms with E-state index in [-0.39, 0.29) is 30.7 Å². The van der Waals surface area contributed by atoms with Gasteiger partial charge in [-0.05, 0) is 49.1 Å². The van der Waals surface area contributed by atoms with Gasteiger partial charge < -0.3 is 25.3 Å². The van der Waals surface area contributed by atoms with Gasteiger partial charge in [0.15, 0.2) is 0 Å². The normalized spacial score (nSPS) is 16.2. The number of piperidine rings is 1. The highest BCUT2D eigenvalue weighted by Gasteiger charge is 2.29. The third-order valence-corrected chi connectivity index (χ3v) is 8.54. The van der Waals surface area contributed by atoms with Crippen molar-refractivity contribution in [3.05, 3.63) is 77.4 Å². The largest absolute Gasteiger partial charge is 0.385 e. The van der Waals surface area contributed by atoms with Gasteiger partial charge in [0.25, 0.3) is 5.91 Å². The Morgan fingerprint density at radius 1 is 1.12 bits per heavy atom. The van der Waals surface area contributed by atoms with Crippen LogP contribution in [0.1, 0.15) is 47.1 Å². The van der Waals surface area contributed by atoms with E-state index in [1.54, 1.807) is 7.11 Å². The SMILES string of the molecule is COCCCn1c(C2CCCN(C(=O)CC(N)CNC(=O)c3ccc(-c4ccccc4)s3)C2)nc2ccccc21. The van der Waals surface area contributed by atoms with Crippen LogP contribution in [0.4, 0.5) is 0 Å². The molecule has 40 heavy (non-hydrogen) atoms. The summed E-state index contributed by atoms with van der Waals surface area (Å²) in [5.74, 6) is 1.06. The summed E-state index contributed by atoms with van der Waals surface area (Å²) in [5, 5.41) is 2.91. The van der Waals surface area contributed by atoms with Crippen LogP contribution in [-0.4, -0.2) is 65.7 Å². The van der Waals surface area contributed by atoms with Gasteiger partial charge in [-0.2, -0.15) is 0 Å². The van der Waals surface area contributed by atoms with Gasteiger partial charge in [0.2, 0.25) is 5.91 Å². The molecule has 210 valence electrons. The summed E-state index contributed by atoms with van der Waals surface area (Å²) < 4.78 is 7.57. The second kappa shape index (κ2) is 13.2. The number of ether oxygens (including phenoxy) is 1. The van der Waals surface area contributed by atoms with Crippen LogP contribution in [0.15, 0.2) is 66.7 Å². The van der Waals surface area contributed by atoms with Crippen LogP contribution >= 0.6 is 11.3 Å². The topological polar surface area (TPSA) is 102 Å². The Balaban J connectivity index is 1.16. The third kappa shape index (κ3) is 6.60. The molecule has 5 rings (SSSR count). The summed E-state index contributed by atoms with van der Waals surface area (Å²) in [7, 11) is 1.72. The number of aromatic nitrogens is 2. The maximum Gasteiger partial charge on any atom is 0.261 e. The zero-order chi connectivity index (χ0) is 27.9. The molecule has 2 amide bonds. The highest BCUT2D eigenvalue weighted by molar-refractivity contribution is 7.17. The van der Waals surface area contributed by atoms with Gasteiger partial charge in [0.1, 0.15) is 5.82 Å². The predicted molar refractivity (Wildman–Crippen MR) is 159 cm³/mol. The summed E-state index contributed by atoms with van der Waals surface area (Å²) in [4.78, 5) is 34.5. The molecule has 3 heterocycles. The van der Waals surface area contributed by atoms with E-state index in [0.29, 0.717) is 18.0 Å². The molecule has 0 radical (unpaired) electrons. The predicted octanol–water partition coefficient (Wildman–Crippen LogP) is 4.65. The van der Waals surface area contributed by atoms with E-state index in [1.165, 1.54) is 11.3 Å². The van der Waals surface area contributed by atoms with E-state index >= 15 is 0 Å². The smallest absolute Gasteiger partial charge is 0.261 e. The quantitative estimate of drug-likeness (QED) is 0.260. The number of para-hydroxylation sites is 2. The summed E-state index contributed by atoms with van der Waals surface area (Å²) in [6.45, 7) is 3.11. The van der Waals surface area contributed by atoms with Gasteiger partial charge >= 0.3 is 0 Å². The molecule has 9 heteroatoms. The molecule has 2 unspecified atom stereocenters. The van der Waals surface area contributed by atoms with Crippen molar-refractivity contribution in [1.82, 2.24) is 19.8 Å². The maximum absolute atomic E-state index is 13.2. The standard InChI is InChI=1S/C31H37N5O3S/c1-39-18-8-17-36-26-13-6-5-12-25(26)34-30(36)23-11-7-16-35(21-23)29(37)19-24(32)20-33-31(38)28-15-14-27(40-28)22-9-3-2-4-10-22/h2-6,9-10,12-15,23-24H,7-8,11,16-21,32H2,1H3,(H,33,38). The van der Waals surface area contributed by atoms with Crippen LogP contribution in [-0.2, 0) is 16.1 Å². The fourth-order valence-corrected chi connectivity index (χ4v) is 6.30. The molecule has 1 fully saturated rings. The van der Waals surface area contributed by atoms with Crippen LogP contribution in [0.5, 0.6) is 0 Å². The number of fused-ring (bicyclic) bond motifs is 1. The van der Waals surface area contributed by atoms with Crippen LogP contribution in [0.25, 0.3) is 21.5 Å². The van der Waals surface area contributed by atoms with Crippen LogP contribution in [0.3, 0.4) is 0 Å². The Kier molecular flexibility index (Phi) is 9.26. The molecule has 8 nitrogen and oxygen atoms in total. The fraction of sp³-hybridized carbons (Fsp3) is 0.387. The first-order valence-corrected chi connectivity index (χ1v) is 14.8. The number of benzene rings is 2. The highest BCUT2D eigenvalue weighted by atomic mass is 32.1. The second-order valence-electron chi connectivity index (χ2n) is 10.3. The first-order chi connectivity index (χ1) is 19.5. The minimum atomic E-state index is -0.455. The minimum Gasteiger partial charge on any atom is -0.385 e. The fourth-order valence-electron chi connectivity index (χ4n) is 5.38. The second-order valence-corrected chi connectivity index (χ2v) is 11.4. The van der Waals surface area contributed by atoms with Crippen LogP contribution < -0.4 is 11.1 Å². The lowest BCUT2D eigenvalue weighted by molar-refractivity contribution is -0.132. The summed E-state index contributed by atoms with van der Waals surface area (Å²) in [6.07, 6.45) is 3.01. The summed E-state index contributed by atoms with van der Waals surface area (Å²) >= 11 is 1.45. The molecule has 1 aliphatic heterocycles. The number of imidazole rings is 1. The number of likely N-dealkylation sites (tertiary alicyclic amines) is 1. The van der Waals surface area contributed by atoms with Crippen molar-refractivity contribution in [2.45, 2.75) is 44.2 Å². The third-order valence-electron chi connectivity index (χ3n) is 7.40. The van der Waals surface area contributed by atoms with Crippen LogP contribution in [0.2, 0.25) is 0 Å². The number of rotatable bonds is 11. The van der Waals surface area contributed by atoms with Crippen molar-refractivity contribution in [2.75, 3.05) is 33.4 Å². The molecule has 0 saturated carbocycles. The average molecular weight is 560 g/mol. The minimum absolute atomic E-state index is 0.0241. The van der Waals surface area contributed by atoms with Crippen molar-refractivity contribution in [2.24, 2.45) is 5.73 Å². The molecule has 0 aliphatic carbocycles. The Bertz CT molecular complexity index is 1430. The molecule has 4 aromatic rings. The number of thiophene rings is 1.